The van der Waals surface area contributed by atoms with Crippen LogP contribution in [0.2, 0.25) is 0 Å². The van der Waals surface area contributed by atoms with Gasteiger partial charge in [-0.3, -0.25) is 9.59 Å². The van der Waals surface area contributed by atoms with Crippen LogP contribution in [0.4, 0.5) is 0 Å². The Kier molecular flexibility index (Phi) is 5.15. The van der Waals surface area contributed by atoms with E-state index in [1.165, 1.54) is 0 Å². The Balaban J connectivity index is 2.38. The van der Waals surface area contributed by atoms with Crippen molar-refractivity contribution in [2.45, 2.75) is 39.0 Å². The summed E-state index contributed by atoms with van der Waals surface area (Å²) in [6, 6.07) is 0. The van der Waals surface area contributed by atoms with E-state index in [2.05, 4.69) is 0 Å². The van der Waals surface area contributed by atoms with Crippen LogP contribution in [0.1, 0.15) is 39.0 Å². The topological polar surface area (TPSA) is 60.4 Å². The first kappa shape index (κ1) is 12.9. The van der Waals surface area contributed by atoms with Gasteiger partial charge in [0.05, 0.1) is 6.61 Å². The van der Waals surface area contributed by atoms with Crippen molar-refractivity contribution in [1.82, 2.24) is 0 Å². The number of hydrogen-bond acceptors (Lipinski definition) is 4. The number of Topliss-reactive ketones (excluding diaryl/α,β-unsaturated/α-hetero) is 1. The van der Waals surface area contributed by atoms with E-state index in [9.17, 15) is 14.4 Å². The number of aldehydes is 1. The van der Waals surface area contributed by atoms with Crippen molar-refractivity contribution in [2.24, 2.45) is 11.8 Å². The van der Waals surface area contributed by atoms with Gasteiger partial charge in [-0.2, -0.15) is 0 Å². The van der Waals surface area contributed by atoms with Gasteiger partial charge in [-0.05, 0) is 25.7 Å². The Bertz CT molecular complexity index is 272. The van der Waals surface area contributed by atoms with Crippen LogP contribution in [0.25, 0.3) is 0 Å². The first-order valence-electron chi connectivity index (χ1n) is 5.81. The fraction of sp³-hybridized carbons (Fsp3) is 0.750. The Morgan fingerprint density at radius 2 is 2.31 bits per heavy atom. The number of ketones is 1. The van der Waals surface area contributed by atoms with Crippen LogP contribution in [0.5, 0.6) is 0 Å². The van der Waals surface area contributed by atoms with E-state index in [4.69, 9.17) is 4.74 Å². The summed E-state index contributed by atoms with van der Waals surface area (Å²) in [6.07, 6.45) is 3.45. The van der Waals surface area contributed by atoms with Gasteiger partial charge in [0.15, 0.2) is 0 Å². The number of esters is 1. The molecular formula is C12H18O4. The van der Waals surface area contributed by atoms with Crippen molar-refractivity contribution < 1.29 is 19.1 Å². The maximum absolute atomic E-state index is 11.5. The fourth-order valence-electron chi connectivity index (χ4n) is 2.29. The molecule has 0 aromatic carbocycles. The molecule has 90 valence electrons. The highest BCUT2D eigenvalue weighted by Gasteiger charge is 2.34. The van der Waals surface area contributed by atoms with Gasteiger partial charge in [0.1, 0.15) is 12.1 Å². The second kappa shape index (κ2) is 6.40. The lowest BCUT2D eigenvalue weighted by Gasteiger charge is -2.15. The van der Waals surface area contributed by atoms with Crippen molar-refractivity contribution in [3.8, 4) is 0 Å². The molecule has 1 aliphatic rings. The van der Waals surface area contributed by atoms with Crippen LogP contribution in [-0.2, 0) is 19.1 Å². The molecular weight excluding hydrogens is 208 g/mol. The summed E-state index contributed by atoms with van der Waals surface area (Å²) in [7, 11) is 0. The van der Waals surface area contributed by atoms with Gasteiger partial charge in [0, 0.05) is 25.2 Å². The predicted molar refractivity (Wildman–Crippen MR) is 57.8 cm³/mol. The minimum atomic E-state index is -0.216. The van der Waals surface area contributed by atoms with Gasteiger partial charge < -0.3 is 9.53 Å². The number of ether oxygens (including phenoxy) is 1. The van der Waals surface area contributed by atoms with Crippen molar-refractivity contribution >= 4 is 18.0 Å². The quantitative estimate of drug-likeness (QED) is 0.509. The van der Waals surface area contributed by atoms with E-state index >= 15 is 0 Å². The summed E-state index contributed by atoms with van der Waals surface area (Å²) in [5.41, 5.74) is 0. The van der Waals surface area contributed by atoms with E-state index in [1.807, 2.05) is 0 Å². The van der Waals surface area contributed by atoms with Gasteiger partial charge in [0.2, 0.25) is 0 Å². The fourth-order valence-corrected chi connectivity index (χ4v) is 2.29. The van der Waals surface area contributed by atoms with E-state index in [1.54, 1.807) is 6.92 Å². The Morgan fingerprint density at radius 3 is 2.94 bits per heavy atom. The summed E-state index contributed by atoms with van der Waals surface area (Å²) in [5, 5.41) is 0. The lowest BCUT2D eigenvalue weighted by Crippen LogP contribution is -2.17. The zero-order valence-corrected chi connectivity index (χ0v) is 9.61. The highest BCUT2D eigenvalue weighted by molar-refractivity contribution is 5.85. The molecule has 0 aromatic heterocycles. The third-order valence-electron chi connectivity index (χ3n) is 3.12. The first-order valence-corrected chi connectivity index (χ1v) is 5.81. The molecule has 0 spiro atoms. The minimum absolute atomic E-state index is 0.160. The van der Waals surface area contributed by atoms with Crippen LogP contribution < -0.4 is 0 Å². The van der Waals surface area contributed by atoms with Crippen molar-refractivity contribution in [3.05, 3.63) is 0 Å². The molecule has 0 aromatic rings. The zero-order valence-electron chi connectivity index (χ0n) is 9.61. The molecule has 16 heavy (non-hydrogen) atoms. The zero-order chi connectivity index (χ0) is 12.0. The average molecular weight is 226 g/mol. The molecule has 2 unspecified atom stereocenters. The monoisotopic (exact) mass is 226 g/mol. The van der Waals surface area contributed by atoms with Gasteiger partial charge in [-0.25, -0.2) is 0 Å². The lowest BCUT2D eigenvalue weighted by atomic mass is 9.89. The second-order valence-corrected chi connectivity index (χ2v) is 4.12. The standard InChI is InChI=1S/C12H18O4/c1-2-16-12(15)6-4-9-3-5-11(14)10(9)7-8-13/h8-10H,2-7H2,1H3. The molecule has 1 aliphatic carbocycles. The number of carbonyl (C=O) groups is 3. The van der Waals surface area contributed by atoms with Crippen LogP contribution in [-0.4, -0.2) is 24.6 Å². The molecule has 4 nitrogen and oxygen atoms in total. The highest BCUT2D eigenvalue weighted by Crippen LogP contribution is 2.34. The number of hydrogen-bond donors (Lipinski definition) is 0. The number of carbonyl (C=O) groups excluding carboxylic acids is 3. The molecule has 0 N–H and O–H groups in total. The predicted octanol–water partition coefficient (Wildman–Crippen LogP) is 1.51. The molecule has 0 bridgehead atoms. The van der Waals surface area contributed by atoms with Crippen LogP contribution >= 0.6 is 0 Å². The van der Waals surface area contributed by atoms with Gasteiger partial charge in [-0.15, -0.1) is 0 Å². The van der Waals surface area contributed by atoms with Crippen molar-refractivity contribution in [2.75, 3.05) is 6.61 Å². The third-order valence-corrected chi connectivity index (χ3v) is 3.12. The Hall–Kier alpha value is -1.19. The molecule has 4 heteroatoms. The van der Waals surface area contributed by atoms with E-state index in [-0.39, 0.29) is 23.6 Å². The van der Waals surface area contributed by atoms with Crippen molar-refractivity contribution in [1.29, 1.82) is 0 Å². The molecule has 1 rings (SSSR count). The molecule has 1 saturated carbocycles. The van der Waals surface area contributed by atoms with Gasteiger partial charge in [0.25, 0.3) is 0 Å². The van der Waals surface area contributed by atoms with Crippen molar-refractivity contribution in [3.63, 3.8) is 0 Å². The average Bonchev–Trinajstić information content (AvgIpc) is 2.59. The molecule has 0 heterocycles. The maximum Gasteiger partial charge on any atom is 0.305 e. The molecule has 0 saturated heterocycles. The number of rotatable bonds is 6. The molecule has 0 radical (unpaired) electrons. The van der Waals surface area contributed by atoms with E-state index < -0.39 is 0 Å². The summed E-state index contributed by atoms with van der Waals surface area (Å²) >= 11 is 0. The molecule has 0 aliphatic heterocycles. The van der Waals surface area contributed by atoms with Crippen LogP contribution in [0, 0.1) is 11.8 Å². The van der Waals surface area contributed by atoms with E-state index in [0.717, 1.165) is 12.7 Å². The third kappa shape index (κ3) is 3.43. The smallest absolute Gasteiger partial charge is 0.305 e. The van der Waals surface area contributed by atoms with Crippen LogP contribution in [0.3, 0.4) is 0 Å². The van der Waals surface area contributed by atoms with Gasteiger partial charge >= 0.3 is 5.97 Å². The molecule has 2 atom stereocenters. The Labute approximate surface area is 95.3 Å². The minimum Gasteiger partial charge on any atom is -0.466 e. The Morgan fingerprint density at radius 1 is 1.56 bits per heavy atom. The summed E-state index contributed by atoms with van der Waals surface area (Å²) in [6.45, 7) is 2.16. The normalized spacial score (nSPS) is 24.4. The van der Waals surface area contributed by atoms with Crippen LogP contribution in [0.15, 0.2) is 0 Å². The van der Waals surface area contributed by atoms with Gasteiger partial charge in [-0.1, -0.05) is 0 Å². The summed E-state index contributed by atoms with van der Waals surface area (Å²) < 4.78 is 4.83. The molecule has 0 amide bonds. The maximum atomic E-state index is 11.5. The summed E-state index contributed by atoms with van der Waals surface area (Å²) in [5.74, 6) is -0.0262. The summed E-state index contributed by atoms with van der Waals surface area (Å²) in [4.78, 5) is 33.1. The van der Waals surface area contributed by atoms with E-state index in [0.29, 0.717) is 32.3 Å². The lowest BCUT2D eigenvalue weighted by molar-refractivity contribution is -0.143. The SMILES string of the molecule is CCOC(=O)CCC1CCC(=O)C1CC=O. The highest BCUT2D eigenvalue weighted by atomic mass is 16.5. The largest absolute Gasteiger partial charge is 0.466 e. The first-order chi connectivity index (χ1) is 7.69. The molecule has 1 fully saturated rings. The second-order valence-electron chi connectivity index (χ2n) is 4.12.